The van der Waals surface area contributed by atoms with Gasteiger partial charge in [0.1, 0.15) is 12.4 Å². The molecule has 1 spiro atoms. The molecule has 5 rings (SSSR count). The summed E-state index contributed by atoms with van der Waals surface area (Å²) >= 11 is 6.09. The summed E-state index contributed by atoms with van der Waals surface area (Å²) in [4.78, 5) is 19.5. The van der Waals surface area contributed by atoms with Gasteiger partial charge >= 0.3 is 0 Å². The predicted octanol–water partition coefficient (Wildman–Crippen LogP) is 4.87. The average Bonchev–Trinajstić information content (AvgIpc) is 3.13. The number of rotatable bonds is 2. The molecule has 3 aromatic carbocycles. The molecule has 0 saturated carbocycles. The Kier molecular flexibility index (Phi) is 3.95. The molecule has 138 valence electrons. The standard InChI is InChI=1S/C23H16ClNO3/c24-17-12-10-15(11-13-17)20-21(16-6-2-1-3-7-16)25-28-23(20)14-27-19-9-5-4-8-18(19)22(23)26/h1-13,20H,14H2. The molecule has 2 atom stereocenters. The minimum atomic E-state index is -1.24. The van der Waals surface area contributed by atoms with Gasteiger partial charge in [0, 0.05) is 10.6 Å². The summed E-state index contributed by atoms with van der Waals surface area (Å²) in [5.41, 5.74) is 1.79. The van der Waals surface area contributed by atoms with Crippen LogP contribution in [0.3, 0.4) is 0 Å². The van der Waals surface area contributed by atoms with Gasteiger partial charge in [0.15, 0.2) is 0 Å². The SMILES string of the molecule is O=C1c2ccccc2OCC12ON=C(c1ccccc1)C2c1ccc(Cl)cc1. The first-order valence-electron chi connectivity index (χ1n) is 9.03. The molecular weight excluding hydrogens is 374 g/mol. The van der Waals surface area contributed by atoms with Gasteiger partial charge in [-0.2, -0.15) is 0 Å². The smallest absolute Gasteiger partial charge is 0.245 e. The van der Waals surface area contributed by atoms with E-state index in [2.05, 4.69) is 5.16 Å². The number of nitrogens with zero attached hydrogens (tertiary/aromatic N) is 1. The number of carbonyl (C=O) groups excluding carboxylic acids is 1. The highest BCUT2D eigenvalue weighted by molar-refractivity contribution is 6.30. The minimum absolute atomic E-state index is 0.0932. The lowest BCUT2D eigenvalue weighted by molar-refractivity contribution is -0.0431. The van der Waals surface area contributed by atoms with E-state index >= 15 is 0 Å². The van der Waals surface area contributed by atoms with Crippen molar-refractivity contribution in [3.8, 4) is 5.75 Å². The lowest BCUT2D eigenvalue weighted by Crippen LogP contribution is -2.52. The normalized spacial score (nSPS) is 23.0. The van der Waals surface area contributed by atoms with E-state index in [-0.39, 0.29) is 12.4 Å². The fraction of sp³-hybridized carbons (Fsp3) is 0.130. The van der Waals surface area contributed by atoms with Gasteiger partial charge in [-0.1, -0.05) is 71.4 Å². The first kappa shape index (κ1) is 17.0. The van der Waals surface area contributed by atoms with E-state index in [1.54, 1.807) is 12.1 Å². The van der Waals surface area contributed by atoms with Crippen LogP contribution in [-0.4, -0.2) is 23.7 Å². The maximum atomic E-state index is 13.6. The second-order valence-electron chi connectivity index (χ2n) is 6.92. The Labute approximate surface area is 167 Å². The van der Waals surface area contributed by atoms with Crippen LogP contribution in [0.5, 0.6) is 5.75 Å². The molecule has 0 aliphatic carbocycles. The van der Waals surface area contributed by atoms with Crippen molar-refractivity contribution in [3.05, 3.63) is 101 Å². The number of benzene rings is 3. The van der Waals surface area contributed by atoms with Gasteiger partial charge in [0.2, 0.25) is 11.4 Å². The number of halogens is 1. The van der Waals surface area contributed by atoms with E-state index in [9.17, 15) is 4.79 Å². The maximum absolute atomic E-state index is 13.6. The van der Waals surface area contributed by atoms with E-state index in [1.807, 2.05) is 66.7 Å². The maximum Gasteiger partial charge on any atom is 0.245 e. The van der Waals surface area contributed by atoms with Gasteiger partial charge in [-0.3, -0.25) is 4.79 Å². The number of hydrogen-bond acceptors (Lipinski definition) is 4. The first-order chi connectivity index (χ1) is 13.7. The zero-order valence-electron chi connectivity index (χ0n) is 14.8. The highest BCUT2D eigenvalue weighted by atomic mass is 35.5. The van der Waals surface area contributed by atoms with Crippen molar-refractivity contribution in [1.82, 2.24) is 0 Å². The second-order valence-corrected chi connectivity index (χ2v) is 7.36. The summed E-state index contributed by atoms with van der Waals surface area (Å²) in [6.07, 6.45) is 0. The molecule has 0 aromatic heterocycles. The van der Waals surface area contributed by atoms with Gasteiger partial charge < -0.3 is 9.57 Å². The van der Waals surface area contributed by atoms with Gasteiger partial charge in [-0.05, 0) is 29.8 Å². The number of Topliss-reactive ketones (excluding diaryl/α,β-unsaturated/α-hetero) is 1. The molecule has 0 bridgehead atoms. The van der Waals surface area contributed by atoms with Crippen LogP contribution in [0.4, 0.5) is 0 Å². The molecule has 2 unspecified atom stereocenters. The Bertz CT molecular complexity index is 1080. The van der Waals surface area contributed by atoms with E-state index < -0.39 is 11.5 Å². The van der Waals surface area contributed by atoms with Crippen molar-refractivity contribution >= 4 is 23.1 Å². The first-order valence-corrected chi connectivity index (χ1v) is 9.40. The number of carbonyl (C=O) groups is 1. The quantitative estimate of drug-likeness (QED) is 0.628. The summed E-state index contributed by atoms with van der Waals surface area (Å²) in [6, 6.07) is 24.4. The topological polar surface area (TPSA) is 47.9 Å². The molecule has 5 heteroatoms. The van der Waals surface area contributed by atoms with Crippen LogP contribution in [0.15, 0.2) is 84.0 Å². The van der Waals surface area contributed by atoms with Gasteiger partial charge in [0.05, 0.1) is 17.2 Å². The molecule has 2 aliphatic heterocycles. The Balaban J connectivity index is 1.66. The number of fused-ring (bicyclic) bond motifs is 1. The fourth-order valence-corrected chi connectivity index (χ4v) is 4.03. The van der Waals surface area contributed by atoms with Crippen molar-refractivity contribution in [1.29, 1.82) is 0 Å². The van der Waals surface area contributed by atoms with Gasteiger partial charge in [0.25, 0.3) is 0 Å². The predicted molar refractivity (Wildman–Crippen MR) is 107 cm³/mol. The number of ether oxygens (including phenoxy) is 1. The molecule has 2 aliphatic rings. The van der Waals surface area contributed by atoms with E-state index in [4.69, 9.17) is 21.2 Å². The Morgan fingerprint density at radius 3 is 2.43 bits per heavy atom. The summed E-state index contributed by atoms with van der Waals surface area (Å²) in [5.74, 6) is 0.0433. The fourth-order valence-electron chi connectivity index (χ4n) is 3.91. The molecule has 0 N–H and O–H groups in total. The highest BCUT2D eigenvalue weighted by Gasteiger charge is 2.58. The van der Waals surface area contributed by atoms with Crippen LogP contribution in [-0.2, 0) is 4.84 Å². The molecule has 3 aromatic rings. The lowest BCUT2D eigenvalue weighted by atomic mass is 9.73. The molecule has 4 nitrogen and oxygen atoms in total. The average molecular weight is 390 g/mol. The minimum Gasteiger partial charge on any atom is -0.488 e. The van der Waals surface area contributed by atoms with Gasteiger partial charge in [-0.15, -0.1) is 0 Å². The third kappa shape index (κ3) is 2.53. The highest BCUT2D eigenvalue weighted by Crippen LogP contribution is 2.46. The molecule has 0 fully saturated rings. The van der Waals surface area contributed by atoms with Crippen LogP contribution in [0.2, 0.25) is 5.02 Å². The van der Waals surface area contributed by atoms with Crippen molar-refractivity contribution in [3.63, 3.8) is 0 Å². The monoisotopic (exact) mass is 389 g/mol. The zero-order chi connectivity index (χ0) is 19.1. The second kappa shape index (κ2) is 6.50. The Morgan fingerprint density at radius 2 is 1.64 bits per heavy atom. The molecule has 0 radical (unpaired) electrons. The molecular formula is C23H16ClNO3. The van der Waals surface area contributed by atoms with E-state index in [0.29, 0.717) is 22.0 Å². The largest absolute Gasteiger partial charge is 0.488 e. The summed E-state index contributed by atoms with van der Waals surface area (Å²) in [6.45, 7) is 0.0932. The van der Waals surface area contributed by atoms with E-state index in [0.717, 1.165) is 11.1 Å². The summed E-state index contributed by atoms with van der Waals surface area (Å²) in [7, 11) is 0. The summed E-state index contributed by atoms with van der Waals surface area (Å²) < 4.78 is 5.95. The molecule has 0 saturated heterocycles. The van der Waals surface area contributed by atoms with E-state index in [1.165, 1.54) is 0 Å². The van der Waals surface area contributed by atoms with Crippen molar-refractivity contribution in [2.75, 3.05) is 6.61 Å². The molecule has 28 heavy (non-hydrogen) atoms. The number of ketones is 1. The van der Waals surface area contributed by atoms with Crippen LogP contribution >= 0.6 is 11.6 Å². The zero-order valence-corrected chi connectivity index (χ0v) is 15.6. The molecule has 2 heterocycles. The third-order valence-electron chi connectivity index (χ3n) is 5.28. The van der Waals surface area contributed by atoms with Crippen LogP contribution in [0.1, 0.15) is 27.4 Å². The van der Waals surface area contributed by atoms with Crippen molar-refractivity contribution < 1.29 is 14.4 Å². The van der Waals surface area contributed by atoms with Gasteiger partial charge in [-0.25, -0.2) is 0 Å². The lowest BCUT2D eigenvalue weighted by Gasteiger charge is -2.35. The number of oxime groups is 1. The number of para-hydroxylation sites is 1. The number of hydrogen-bond donors (Lipinski definition) is 0. The Hall–Kier alpha value is -3.11. The molecule has 0 amide bonds. The third-order valence-corrected chi connectivity index (χ3v) is 5.53. The summed E-state index contributed by atoms with van der Waals surface area (Å²) in [5, 5.41) is 5.00. The Morgan fingerprint density at radius 1 is 0.929 bits per heavy atom. The van der Waals surface area contributed by atoms with Crippen LogP contribution in [0.25, 0.3) is 0 Å². The van der Waals surface area contributed by atoms with Crippen molar-refractivity contribution in [2.45, 2.75) is 11.5 Å². The van der Waals surface area contributed by atoms with Crippen LogP contribution < -0.4 is 4.74 Å². The van der Waals surface area contributed by atoms with Crippen molar-refractivity contribution in [2.24, 2.45) is 5.16 Å². The van der Waals surface area contributed by atoms with Crippen LogP contribution in [0, 0.1) is 0 Å².